The molecule has 0 aliphatic carbocycles. The van der Waals surface area contributed by atoms with Gasteiger partial charge >= 0.3 is 8.97 Å². The van der Waals surface area contributed by atoms with Crippen LogP contribution in [0.25, 0.3) is 0 Å². The molecular formula is C6H18ClNO3Si. The normalized spacial score (nSPS) is 12.5. The Morgan fingerprint density at radius 2 is 1.08 bits per heavy atom. The van der Waals surface area contributed by atoms with E-state index in [0.29, 0.717) is 4.15 Å². The molecule has 0 aromatic rings. The number of quaternary nitrogens is 1. The van der Waals surface area contributed by atoms with Gasteiger partial charge in [0.2, 0.25) is 0 Å². The van der Waals surface area contributed by atoms with Crippen molar-refractivity contribution in [3.05, 3.63) is 0 Å². The van der Waals surface area contributed by atoms with Gasteiger partial charge in [0.15, 0.2) is 0 Å². The third-order valence-electron chi connectivity index (χ3n) is 1.60. The second-order valence-electron chi connectivity index (χ2n) is 3.15. The van der Waals surface area contributed by atoms with Gasteiger partial charge in [-0.1, -0.05) is 0 Å². The first-order chi connectivity index (χ1) is 4.93. The summed E-state index contributed by atoms with van der Waals surface area (Å²) >= 11 is 0. The van der Waals surface area contributed by atoms with Crippen molar-refractivity contribution in [3.8, 4) is 0 Å². The Morgan fingerprint density at radius 1 is 0.833 bits per heavy atom. The summed E-state index contributed by atoms with van der Waals surface area (Å²) in [4.78, 5) is 0. The lowest BCUT2D eigenvalue weighted by atomic mass is 11.0. The van der Waals surface area contributed by atoms with E-state index >= 15 is 0 Å². The Balaban J connectivity index is 0. The lowest BCUT2D eigenvalue weighted by Crippen LogP contribution is -3.00. The third kappa shape index (κ3) is 2.69. The maximum absolute atomic E-state index is 5.27. The van der Waals surface area contributed by atoms with Crippen molar-refractivity contribution in [2.24, 2.45) is 0 Å². The van der Waals surface area contributed by atoms with Gasteiger partial charge < -0.3 is 29.8 Å². The minimum absolute atomic E-state index is 0. The Hall–Kier alpha value is 0.347. The van der Waals surface area contributed by atoms with Gasteiger partial charge in [0, 0.05) is 21.3 Å². The van der Waals surface area contributed by atoms with Crippen molar-refractivity contribution in [1.29, 1.82) is 0 Å². The number of halogens is 1. The summed E-state index contributed by atoms with van der Waals surface area (Å²) in [6, 6.07) is 0. The molecule has 6 heteroatoms. The second kappa shape index (κ2) is 5.16. The van der Waals surface area contributed by atoms with Crippen LogP contribution in [0.4, 0.5) is 0 Å². The first kappa shape index (κ1) is 14.8. The van der Waals surface area contributed by atoms with Crippen LogP contribution in [0.15, 0.2) is 0 Å². The molecule has 0 atom stereocenters. The molecular weight excluding hydrogens is 198 g/mol. The summed E-state index contributed by atoms with van der Waals surface area (Å²) in [6.07, 6.45) is 0. The quantitative estimate of drug-likeness (QED) is 0.471. The van der Waals surface area contributed by atoms with E-state index < -0.39 is 8.97 Å². The average molecular weight is 216 g/mol. The Bertz CT molecular complexity index is 116. The Labute approximate surface area is 81.9 Å². The molecule has 4 nitrogen and oxygen atoms in total. The van der Waals surface area contributed by atoms with Gasteiger partial charge in [-0.2, -0.15) is 0 Å². The monoisotopic (exact) mass is 215 g/mol. The maximum atomic E-state index is 5.27. The molecule has 0 aliphatic heterocycles. The fourth-order valence-corrected chi connectivity index (χ4v) is 3.21. The highest BCUT2D eigenvalue weighted by molar-refractivity contribution is 6.52. The predicted molar refractivity (Wildman–Crippen MR) is 44.8 cm³/mol. The van der Waals surface area contributed by atoms with Crippen molar-refractivity contribution < 1.29 is 29.8 Å². The van der Waals surface area contributed by atoms with Crippen molar-refractivity contribution in [1.82, 2.24) is 0 Å². The predicted octanol–water partition coefficient (Wildman–Crippen LogP) is -2.93. The molecule has 0 unspecified atom stereocenters. The SMILES string of the molecule is CO[Si](OC)(OC)[N+](C)(C)C.[Cl-]. The van der Waals surface area contributed by atoms with E-state index in [1.807, 2.05) is 21.1 Å². The lowest BCUT2D eigenvalue weighted by Gasteiger charge is -2.35. The van der Waals surface area contributed by atoms with Crippen LogP contribution < -0.4 is 12.4 Å². The second-order valence-corrected chi connectivity index (χ2v) is 6.76. The summed E-state index contributed by atoms with van der Waals surface area (Å²) in [7, 11) is 8.33. The number of nitrogens with zero attached hydrogens (tertiary/aromatic N) is 1. The van der Waals surface area contributed by atoms with E-state index in [1.165, 1.54) is 0 Å². The standard InChI is InChI=1S/C6H18NO3Si.ClH/c1-7(2,3)11(8-4,9-5)10-6;/h1-6H3;1H/q+1;/p-1. The average Bonchev–Trinajstić information content (AvgIpc) is 1.90. The van der Waals surface area contributed by atoms with Crippen LogP contribution in [0.5, 0.6) is 0 Å². The molecule has 0 N–H and O–H groups in total. The molecule has 12 heavy (non-hydrogen) atoms. The van der Waals surface area contributed by atoms with Crippen LogP contribution in [0.1, 0.15) is 0 Å². The summed E-state index contributed by atoms with van der Waals surface area (Å²) in [5, 5.41) is 0. The third-order valence-corrected chi connectivity index (χ3v) is 4.79. The van der Waals surface area contributed by atoms with Crippen molar-refractivity contribution in [2.45, 2.75) is 0 Å². The zero-order valence-corrected chi connectivity index (χ0v) is 10.3. The first-order valence-electron chi connectivity index (χ1n) is 3.40. The van der Waals surface area contributed by atoms with Crippen LogP contribution >= 0.6 is 0 Å². The number of hydrogen-bond acceptors (Lipinski definition) is 3. The van der Waals surface area contributed by atoms with Gasteiger partial charge in [0.25, 0.3) is 0 Å². The Morgan fingerprint density at radius 3 is 1.08 bits per heavy atom. The van der Waals surface area contributed by atoms with E-state index in [2.05, 4.69) is 0 Å². The largest absolute Gasteiger partial charge is 1.00 e. The molecule has 0 bridgehead atoms. The summed E-state index contributed by atoms with van der Waals surface area (Å²) in [6.45, 7) is 0. The summed E-state index contributed by atoms with van der Waals surface area (Å²) < 4.78 is 16.4. The van der Waals surface area contributed by atoms with E-state index in [1.54, 1.807) is 21.3 Å². The molecule has 76 valence electrons. The zero-order chi connectivity index (χ0) is 9.12. The van der Waals surface area contributed by atoms with Crippen LogP contribution in [-0.2, 0) is 13.3 Å². The number of hydrogen-bond donors (Lipinski definition) is 0. The van der Waals surface area contributed by atoms with Crippen molar-refractivity contribution in [3.63, 3.8) is 0 Å². The fraction of sp³-hybridized carbons (Fsp3) is 1.00. The van der Waals surface area contributed by atoms with Gasteiger partial charge in [-0.25, -0.2) is 0 Å². The van der Waals surface area contributed by atoms with Crippen LogP contribution in [0, 0.1) is 0 Å². The van der Waals surface area contributed by atoms with Gasteiger partial charge in [-0.15, -0.1) is 0 Å². The minimum atomic E-state index is -2.48. The van der Waals surface area contributed by atoms with E-state index in [4.69, 9.17) is 13.3 Å². The lowest BCUT2D eigenvalue weighted by molar-refractivity contribution is -0.797. The van der Waals surface area contributed by atoms with Gasteiger partial charge in [-0.3, -0.25) is 0 Å². The molecule has 0 heterocycles. The van der Waals surface area contributed by atoms with E-state index in [-0.39, 0.29) is 12.4 Å². The van der Waals surface area contributed by atoms with E-state index in [0.717, 1.165) is 0 Å². The highest BCUT2D eigenvalue weighted by Gasteiger charge is 2.57. The van der Waals surface area contributed by atoms with Gasteiger partial charge in [-0.05, 0) is 0 Å². The highest BCUT2D eigenvalue weighted by Crippen LogP contribution is 2.14. The van der Waals surface area contributed by atoms with Gasteiger partial charge in [0.05, 0.1) is 21.1 Å². The molecule has 0 amide bonds. The van der Waals surface area contributed by atoms with E-state index in [9.17, 15) is 0 Å². The van der Waals surface area contributed by atoms with Crippen LogP contribution in [0.2, 0.25) is 0 Å². The molecule has 0 radical (unpaired) electrons. The smallest absolute Gasteiger partial charge is 0.783 e. The molecule has 0 saturated carbocycles. The number of rotatable bonds is 4. The Kier molecular flexibility index (Phi) is 6.38. The molecule has 0 saturated heterocycles. The van der Waals surface area contributed by atoms with Crippen LogP contribution in [-0.4, -0.2) is 55.6 Å². The van der Waals surface area contributed by atoms with Crippen LogP contribution in [0.3, 0.4) is 0 Å². The topological polar surface area (TPSA) is 27.7 Å². The minimum Gasteiger partial charge on any atom is -1.00 e. The zero-order valence-electron chi connectivity index (χ0n) is 8.55. The maximum Gasteiger partial charge on any atom is 0.783 e. The summed E-state index contributed by atoms with van der Waals surface area (Å²) in [5.41, 5.74) is 0. The molecule has 0 aromatic heterocycles. The van der Waals surface area contributed by atoms with Gasteiger partial charge in [0.1, 0.15) is 0 Å². The highest BCUT2D eigenvalue weighted by atomic mass is 35.5. The van der Waals surface area contributed by atoms with Crippen molar-refractivity contribution >= 4 is 8.97 Å². The molecule has 0 fully saturated rings. The molecule has 0 aromatic carbocycles. The van der Waals surface area contributed by atoms with Crippen molar-refractivity contribution in [2.75, 3.05) is 42.5 Å². The molecule has 0 rings (SSSR count). The fourth-order valence-electron chi connectivity index (χ4n) is 1.07. The first-order valence-corrected chi connectivity index (χ1v) is 5.07. The summed E-state index contributed by atoms with van der Waals surface area (Å²) in [5.74, 6) is 0. The molecule has 0 spiro atoms. The molecule has 0 aliphatic rings.